The van der Waals surface area contributed by atoms with Crippen LogP contribution in [0.25, 0.3) is 11.3 Å². The minimum atomic E-state index is -1.56. The molecule has 0 spiro atoms. The SMILES string of the molecule is O=C(O)c1cc(C(=O)O)c2c(n1)C(=O)C(=O)c1cc(C(=O)OCc3ccccc3)[nH]c1-2. The maximum absolute atomic E-state index is 12.5. The van der Waals surface area contributed by atoms with Crippen LogP contribution < -0.4 is 0 Å². The molecular weight excluding hydrogens is 408 g/mol. The minimum Gasteiger partial charge on any atom is -0.478 e. The van der Waals surface area contributed by atoms with Gasteiger partial charge in [0.2, 0.25) is 5.78 Å². The highest BCUT2D eigenvalue weighted by Gasteiger charge is 2.38. The molecule has 0 unspecified atom stereocenters. The molecule has 0 fully saturated rings. The van der Waals surface area contributed by atoms with Crippen molar-refractivity contribution >= 4 is 29.5 Å². The van der Waals surface area contributed by atoms with E-state index in [1.165, 1.54) is 0 Å². The summed E-state index contributed by atoms with van der Waals surface area (Å²) in [5, 5.41) is 18.7. The molecule has 10 nitrogen and oxygen atoms in total. The number of nitrogens with one attached hydrogen (secondary N) is 1. The van der Waals surface area contributed by atoms with E-state index in [2.05, 4.69) is 9.97 Å². The van der Waals surface area contributed by atoms with Crippen molar-refractivity contribution in [2.45, 2.75) is 6.61 Å². The molecular formula is C21H12N2O8. The van der Waals surface area contributed by atoms with Crippen LogP contribution in [0.5, 0.6) is 0 Å². The largest absolute Gasteiger partial charge is 0.478 e. The zero-order chi connectivity index (χ0) is 22.3. The highest BCUT2D eigenvalue weighted by molar-refractivity contribution is 6.52. The first-order valence-corrected chi connectivity index (χ1v) is 8.83. The lowest BCUT2D eigenvalue weighted by molar-refractivity contribution is 0.0466. The lowest BCUT2D eigenvalue weighted by atomic mass is 9.88. The molecule has 4 rings (SSSR count). The molecule has 1 aromatic carbocycles. The molecule has 2 heterocycles. The number of ketones is 2. The van der Waals surface area contributed by atoms with E-state index in [0.29, 0.717) is 0 Å². The number of hydrogen-bond acceptors (Lipinski definition) is 7. The fourth-order valence-corrected chi connectivity index (χ4v) is 3.21. The van der Waals surface area contributed by atoms with Crippen molar-refractivity contribution in [1.82, 2.24) is 9.97 Å². The van der Waals surface area contributed by atoms with Gasteiger partial charge in [-0.25, -0.2) is 19.4 Å². The van der Waals surface area contributed by atoms with E-state index in [-0.39, 0.29) is 29.1 Å². The number of nitrogens with zero attached hydrogens (tertiary/aromatic N) is 1. The third-order valence-electron chi connectivity index (χ3n) is 4.64. The Kier molecular flexibility index (Phi) is 4.66. The van der Waals surface area contributed by atoms with E-state index >= 15 is 0 Å². The number of fused-ring (bicyclic) bond motifs is 3. The summed E-state index contributed by atoms with van der Waals surface area (Å²) in [5.41, 5.74) is -1.91. The average Bonchev–Trinajstić information content (AvgIpc) is 3.21. The average molecular weight is 420 g/mol. The molecule has 2 aromatic heterocycles. The van der Waals surface area contributed by atoms with E-state index in [9.17, 15) is 29.1 Å². The summed E-state index contributed by atoms with van der Waals surface area (Å²) in [7, 11) is 0. The second-order valence-electron chi connectivity index (χ2n) is 6.58. The zero-order valence-corrected chi connectivity index (χ0v) is 15.5. The fraction of sp³-hybridized carbons (Fsp3) is 0.0476. The predicted molar refractivity (Wildman–Crippen MR) is 102 cm³/mol. The normalized spacial score (nSPS) is 12.1. The minimum absolute atomic E-state index is 0.0449. The molecule has 10 heteroatoms. The molecule has 1 aliphatic rings. The van der Waals surface area contributed by atoms with Crippen LogP contribution in [0.4, 0.5) is 0 Å². The van der Waals surface area contributed by atoms with Gasteiger partial charge in [0.05, 0.1) is 16.8 Å². The Bertz CT molecular complexity index is 1290. The third kappa shape index (κ3) is 3.35. The van der Waals surface area contributed by atoms with Crippen molar-refractivity contribution in [3.63, 3.8) is 0 Å². The van der Waals surface area contributed by atoms with E-state index in [0.717, 1.165) is 17.7 Å². The molecule has 0 saturated carbocycles. The van der Waals surface area contributed by atoms with Crippen molar-refractivity contribution in [3.05, 3.63) is 76.2 Å². The van der Waals surface area contributed by atoms with Gasteiger partial charge < -0.3 is 19.9 Å². The van der Waals surface area contributed by atoms with Gasteiger partial charge in [-0.15, -0.1) is 0 Å². The van der Waals surface area contributed by atoms with Gasteiger partial charge in [0.25, 0.3) is 5.78 Å². The number of carboxylic acids is 2. The topological polar surface area (TPSA) is 164 Å². The smallest absolute Gasteiger partial charge is 0.355 e. The Hall–Kier alpha value is -4.60. The molecule has 31 heavy (non-hydrogen) atoms. The quantitative estimate of drug-likeness (QED) is 0.414. The summed E-state index contributed by atoms with van der Waals surface area (Å²) in [6, 6.07) is 10.7. The molecule has 154 valence electrons. The van der Waals surface area contributed by atoms with Crippen molar-refractivity contribution in [1.29, 1.82) is 0 Å². The molecule has 3 N–H and O–H groups in total. The van der Waals surface area contributed by atoms with Gasteiger partial charge in [0, 0.05) is 5.56 Å². The maximum atomic E-state index is 12.5. The van der Waals surface area contributed by atoms with Crippen LogP contribution in [0.15, 0.2) is 42.5 Å². The fourth-order valence-electron chi connectivity index (χ4n) is 3.21. The Morgan fingerprint density at radius 3 is 2.32 bits per heavy atom. The predicted octanol–water partition coefficient (Wildman–Crippen LogP) is 2.21. The van der Waals surface area contributed by atoms with E-state index in [4.69, 9.17) is 9.84 Å². The van der Waals surface area contributed by atoms with Crippen molar-refractivity contribution < 1.29 is 38.9 Å². The first-order valence-electron chi connectivity index (χ1n) is 8.83. The molecule has 0 aliphatic heterocycles. The number of aromatic amines is 1. The van der Waals surface area contributed by atoms with Crippen LogP contribution in [0, 0.1) is 0 Å². The number of carbonyl (C=O) groups is 5. The molecule has 0 amide bonds. The summed E-state index contributed by atoms with van der Waals surface area (Å²) in [4.78, 5) is 66.7. The molecule has 0 saturated heterocycles. The summed E-state index contributed by atoms with van der Waals surface area (Å²) >= 11 is 0. The Labute approximate surface area is 173 Å². The number of hydrogen-bond donors (Lipinski definition) is 3. The molecule has 3 aromatic rings. The van der Waals surface area contributed by atoms with Crippen molar-refractivity contribution in [2.75, 3.05) is 0 Å². The summed E-state index contributed by atoms with van der Waals surface area (Å²) in [6.45, 7) is -0.0449. The number of carbonyl (C=O) groups excluding carboxylic acids is 3. The van der Waals surface area contributed by atoms with Gasteiger partial charge in [0.15, 0.2) is 0 Å². The van der Waals surface area contributed by atoms with Crippen LogP contribution in [-0.2, 0) is 11.3 Å². The lowest BCUT2D eigenvalue weighted by Crippen LogP contribution is -2.25. The van der Waals surface area contributed by atoms with Gasteiger partial charge in [-0.1, -0.05) is 30.3 Å². The maximum Gasteiger partial charge on any atom is 0.355 e. The van der Waals surface area contributed by atoms with Gasteiger partial charge in [-0.3, -0.25) is 9.59 Å². The van der Waals surface area contributed by atoms with Gasteiger partial charge in [0.1, 0.15) is 23.7 Å². The number of benzene rings is 1. The first-order chi connectivity index (χ1) is 14.8. The lowest BCUT2D eigenvalue weighted by Gasteiger charge is -2.16. The molecule has 0 bridgehead atoms. The number of H-pyrrole nitrogens is 1. The number of esters is 1. The number of aromatic carboxylic acids is 2. The van der Waals surface area contributed by atoms with Crippen LogP contribution in [0.2, 0.25) is 0 Å². The van der Waals surface area contributed by atoms with Crippen LogP contribution in [0.3, 0.4) is 0 Å². The summed E-state index contributed by atoms with van der Waals surface area (Å²) in [5.74, 6) is -6.14. The third-order valence-corrected chi connectivity index (χ3v) is 4.64. The second kappa shape index (κ2) is 7.34. The van der Waals surface area contributed by atoms with Crippen LogP contribution in [0.1, 0.15) is 57.7 Å². The van der Waals surface area contributed by atoms with Gasteiger partial charge >= 0.3 is 17.9 Å². The highest BCUT2D eigenvalue weighted by Crippen LogP contribution is 2.36. The molecule has 0 atom stereocenters. The number of pyridine rings is 1. The highest BCUT2D eigenvalue weighted by atomic mass is 16.5. The van der Waals surface area contributed by atoms with Crippen LogP contribution >= 0.6 is 0 Å². The van der Waals surface area contributed by atoms with Gasteiger partial charge in [-0.2, -0.15) is 0 Å². The number of rotatable bonds is 5. The molecule has 0 radical (unpaired) electrons. The Morgan fingerprint density at radius 2 is 1.68 bits per heavy atom. The Morgan fingerprint density at radius 1 is 0.968 bits per heavy atom. The van der Waals surface area contributed by atoms with Crippen LogP contribution in [-0.4, -0.2) is 49.7 Å². The van der Waals surface area contributed by atoms with Crippen molar-refractivity contribution in [3.8, 4) is 11.3 Å². The Balaban J connectivity index is 1.78. The van der Waals surface area contributed by atoms with E-state index in [1.54, 1.807) is 30.3 Å². The standard InChI is InChI=1S/C21H12N2O8/c24-17-11-7-13(21(30)31-8-9-4-2-1-3-5-9)23-15(11)14-10(19(26)27)6-12(20(28)29)22-16(14)18(17)25/h1-7,23H,8H2,(H,26,27)(H,28,29). The van der Waals surface area contributed by atoms with Gasteiger partial charge in [-0.05, 0) is 17.7 Å². The summed E-state index contributed by atoms with van der Waals surface area (Å²) in [6.07, 6.45) is 0. The number of aromatic nitrogens is 2. The van der Waals surface area contributed by atoms with Crippen molar-refractivity contribution in [2.24, 2.45) is 0 Å². The molecule has 1 aliphatic carbocycles. The number of carboxylic acid groups (broad SMARTS) is 2. The first kappa shape index (κ1) is 19.7. The van der Waals surface area contributed by atoms with E-state index < -0.39 is 46.4 Å². The van der Waals surface area contributed by atoms with E-state index in [1.807, 2.05) is 0 Å². The zero-order valence-electron chi connectivity index (χ0n) is 15.5. The number of Topliss-reactive ketones (excluding diaryl/α,β-unsaturated/α-hetero) is 2. The monoisotopic (exact) mass is 420 g/mol. The number of ether oxygens (including phenoxy) is 1. The summed E-state index contributed by atoms with van der Waals surface area (Å²) < 4.78 is 5.19. The second-order valence-corrected chi connectivity index (χ2v) is 6.58.